The fraction of sp³-hybridized carbons (Fsp3) is 1.00. The first-order valence-electron chi connectivity index (χ1n) is 5.20. The van der Waals surface area contributed by atoms with Crippen LogP contribution in [0.2, 0.25) is 0 Å². The van der Waals surface area contributed by atoms with Gasteiger partial charge in [0.05, 0.1) is 12.2 Å². The molecule has 0 heterocycles. The molecule has 0 aromatic heterocycles. The molecule has 0 aliphatic heterocycles. The highest BCUT2D eigenvalue weighted by Gasteiger charge is 2.33. The number of ether oxygens (including phenoxy) is 1. The number of hydrogen-bond donors (Lipinski definition) is 0. The zero-order chi connectivity index (χ0) is 10.1. The summed E-state index contributed by atoms with van der Waals surface area (Å²) in [6.07, 6.45) is 2.67. The van der Waals surface area contributed by atoms with E-state index in [-0.39, 0.29) is 5.60 Å². The van der Waals surface area contributed by atoms with Crippen molar-refractivity contribution in [2.45, 2.75) is 45.3 Å². The van der Waals surface area contributed by atoms with E-state index in [1.54, 1.807) is 0 Å². The Balaban J connectivity index is 2.23. The molecule has 2 heteroatoms. The molecule has 0 radical (unpaired) electrons. The van der Waals surface area contributed by atoms with Crippen molar-refractivity contribution in [1.82, 2.24) is 4.90 Å². The Morgan fingerprint density at radius 2 is 1.85 bits per heavy atom. The van der Waals surface area contributed by atoms with Gasteiger partial charge in [0, 0.05) is 6.04 Å². The minimum atomic E-state index is 0.0203. The third-order valence-electron chi connectivity index (χ3n) is 2.77. The van der Waals surface area contributed by atoms with Crippen LogP contribution in [-0.4, -0.2) is 37.2 Å². The van der Waals surface area contributed by atoms with Gasteiger partial charge in [-0.3, -0.25) is 0 Å². The second kappa shape index (κ2) is 3.97. The Labute approximate surface area is 82.3 Å². The molecule has 1 saturated carbocycles. The first kappa shape index (κ1) is 11.0. The van der Waals surface area contributed by atoms with Crippen molar-refractivity contribution in [2.24, 2.45) is 5.92 Å². The third-order valence-corrected chi connectivity index (χ3v) is 2.77. The van der Waals surface area contributed by atoms with Crippen molar-refractivity contribution in [1.29, 1.82) is 0 Å². The lowest BCUT2D eigenvalue weighted by Gasteiger charge is -2.42. The summed E-state index contributed by atoms with van der Waals surface area (Å²) in [5.41, 5.74) is 0.0203. The van der Waals surface area contributed by atoms with E-state index in [2.05, 4.69) is 39.8 Å². The summed E-state index contributed by atoms with van der Waals surface area (Å²) in [6, 6.07) is 0.752. The molecule has 2 nitrogen and oxygen atoms in total. The molecule has 1 fully saturated rings. The highest BCUT2D eigenvalue weighted by Crippen LogP contribution is 2.31. The van der Waals surface area contributed by atoms with Gasteiger partial charge in [0.25, 0.3) is 0 Å². The SMILES string of the molecule is CN(C)[C@@H]1CC[C@@H]1COC(C)(C)C. The van der Waals surface area contributed by atoms with Crippen molar-refractivity contribution >= 4 is 0 Å². The van der Waals surface area contributed by atoms with Crippen molar-refractivity contribution in [3.05, 3.63) is 0 Å². The number of nitrogens with zero attached hydrogens (tertiary/aromatic N) is 1. The molecule has 1 aliphatic rings. The normalized spacial score (nSPS) is 29.1. The van der Waals surface area contributed by atoms with Gasteiger partial charge in [-0.2, -0.15) is 0 Å². The molecular weight excluding hydrogens is 162 g/mol. The van der Waals surface area contributed by atoms with Gasteiger partial charge in [0.15, 0.2) is 0 Å². The number of rotatable bonds is 3. The Morgan fingerprint density at radius 1 is 1.23 bits per heavy atom. The lowest BCUT2D eigenvalue weighted by Crippen LogP contribution is -2.46. The minimum absolute atomic E-state index is 0.0203. The molecule has 0 amide bonds. The molecule has 78 valence electrons. The van der Waals surface area contributed by atoms with Crippen LogP contribution in [0, 0.1) is 5.92 Å². The second-order valence-corrected chi connectivity index (χ2v) is 5.29. The molecule has 2 atom stereocenters. The van der Waals surface area contributed by atoms with E-state index in [9.17, 15) is 0 Å². The van der Waals surface area contributed by atoms with Crippen LogP contribution in [0.15, 0.2) is 0 Å². The summed E-state index contributed by atoms with van der Waals surface area (Å²) < 4.78 is 5.79. The van der Waals surface area contributed by atoms with Gasteiger partial charge < -0.3 is 9.64 Å². The van der Waals surface area contributed by atoms with Crippen LogP contribution in [0.5, 0.6) is 0 Å². The van der Waals surface area contributed by atoms with Gasteiger partial charge in [-0.05, 0) is 53.6 Å². The van der Waals surface area contributed by atoms with Gasteiger partial charge >= 0.3 is 0 Å². The Morgan fingerprint density at radius 3 is 2.15 bits per heavy atom. The molecule has 13 heavy (non-hydrogen) atoms. The van der Waals surface area contributed by atoms with Crippen LogP contribution in [-0.2, 0) is 4.74 Å². The van der Waals surface area contributed by atoms with E-state index in [4.69, 9.17) is 4.74 Å². The highest BCUT2D eigenvalue weighted by molar-refractivity contribution is 4.86. The van der Waals surface area contributed by atoms with Gasteiger partial charge in [0.1, 0.15) is 0 Å². The van der Waals surface area contributed by atoms with Gasteiger partial charge in [-0.1, -0.05) is 0 Å². The largest absolute Gasteiger partial charge is 0.376 e. The van der Waals surface area contributed by atoms with Gasteiger partial charge in [-0.25, -0.2) is 0 Å². The summed E-state index contributed by atoms with van der Waals surface area (Å²) in [6.45, 7) is 7.29. The molecule has 0 aromatic rings. The Hall–Kier alpha value is -0.0800. The summed E-state index contributed by atoms with van der Waals surface area (Å²) in [4.78, 5) is 2.32. The summed E-state index contributed by atoms with van der Waals surface area (Å²) in [5, 5.41) is 0. The molecule has 0 spiro atoms. The van der Waals surface area contributed by atoms with E-state index < -0.39 is 0 Å². The van der Waals surface area contributed by atoms with Crippen molar-refractivity contribution in [2.75, 3.05) is 20.7 Å². The van der Waals surface area contributed by atoms with Gasteiger partial charge in [-0.15, -0.1) is 0 Å². The zero-order valence-corrected chi connectivity index (χ0v) is 9.63. The average molecular weight is 185 g/mol. The van der Waals surface area contributed by atoms with Crippen molar-refractivity contribution in [3.63, 3.8) is 0 Å². The van der Waals surface area contributed by atoms with Crippen LogP contribution in [0.25, 0.3) is 0 Å². The van der Waals surface area contributed by atoms with Crippen LogP contribution in [0.1, 0.15) is 33.6 Å². The third kappa shape index (κ3) is 3.28. The van der Waals surface area contributed by atoms with E-state index in [0.717, 1.165) is 18.6 Å². The lowest BCUT2D eigenvalue weighted by atomic mass is 9.79. The van der Waals surface area contributed by atoms with Crippen LogP contribution < -0.4 is 0 Å². The zero-order valence-electron chi connectivity index (χ0n) is 9.63. The molecule has 0 unspecified atom stereocenters. The molecule has 0 aromatic carbocycles. The quantitative estimate of drug-likeness (QED) is 0.668. The van der Waals surface area contributed by atoms with E-state index in [1.807, 2.05) is 0 Å². The predicted octanol–water partition coefficient (Wildman–Crippen LogP) is 2.14. The van der Waals surface area contributed by atoms with E-state index >= 15 is 0 Å². The maximum atomic E-state index is 5.79. The van der Waals surface area contributed by atoms with Crippen molar-refractivity contribution in [3.8, 4) is 0 Å². The van der Waals surface area contributed by atoms with E-state index in [1.165, 1.54) is 12.8 Å². The fourth-order valence-electron chi connectivity index (χ4n) is 1.78. The fourth-order valence-corrected chi connectivity index (χ4v) is 1.78. The Kier molecular flexibility index (Phi) is 3.36. The second-order valence-electron chi connectivity index (χ2n) is 5.29. The molecule has 1 aliphatic carbocycles. The summed E-state index contributed by atoms with van der Waals surface area (Å²) in [5.74, 6) is 0.759. The maximum Gasteiger partial charge on any atom is 0.0598 e. The highest BCUT2D eigenvalue weighted by atomic mass is 16.5. The van der Waals surface area contributed by atoms with Crippen molar-refractivity contribution < 1.29 is 4.74 Å². The molecule has 0 N–H and O–H groups in total. The van der Waals surface area contributed by atoms with Crippen LogP contribution >= 0.6 is 0 Å². The first-order valence-corrected chi connectivity index (χ1v) is 5.20. The topological polar surface area (TPSA) is 12.5 Å². The molecule has 0 bridgehead atoms. The standard InChI is InChI=1S/C11H23NO/c1-11(2,3)13-8-9-6-7-10(9)12(4)5/h9-10H,6-8H2,1-5H3/t9-,10-/m1/s1. The van der Waals surface area contributed by atoms with Crippen LogP contribution in [0.3, 0.4) is 0 Å². The average Bonchev–Trinajstić information content (AvgIpc) is 1.79. The molecule has 1 rings (SSSR count). The predicted molar refractivity (Wildman–Crippen MR) is 55.9 cm³/mol. The number of hydrogen-bond acceptors (Lipinski definition) is 2. The Bertz CT molecular complexity index is 160. The summed E-state index contributed by atoms with van der Waals surface area (Å²) >= 11 is 0. The smallest absolute Gasteiger partial charge is 0.0598 e. The molecule has 0 saturated heterocycles. The monoisotopic (exact) mass is 185 g/mol. The lowest BCUT2D eigenvalue weighted by molar-refractivity contribution is -0.0578. The maximum absolute atomic E-state index is 5.79. The first-order chi connectivity index (χ1) is 5.90. The summed E-state index contributed by atoms with van der Waals surface area (Å²) in [7, 11) is 4.32. The van der Waals surface area contributed by atoms with E-state index in [0.29, 0.717) is 0 Å². The van der Waals surface area contributed by atoms with Crippen LogP contribution in [0.4, 0.5) is 0 Å². The minimum Gasteiger partial charge on any atom is -0.376 e. The van der Waals surface area contributed by atoms with Gasteiger partial charge in [0.2, 0.25) is 0 Å². The molecular formula is C11H23NO.